The summed E-state index contributed by atoms with van der Waals surface area (Å²) in [6.45, 7) is 5.86. The van der Waals surface area contributed by atoms with E-state index in [2.05, 4.69) is 22.2 Å². The first-order valence-electron chi connectivity index (χ1n) is 10.8. The van der Waals surface area contributed by atoms with E-state index >= 15 is 0 Å². The summed E-state index contributed by atoms with van der Waals surface area (Å²) in [4.78, 5) is 46.9. The quantitative estimate of drug-likeness (QED) is 0.182. The van der Waals surface area contributed by atoms with Gasteiger partial charge in [0.15, 0.2) is 5.84 Å². The fourth-order valence-corrected chi connectivity index (χ4v) is 4.52. The first-order chi connectivity index (χ1) is 16.3. The molecule has 0 fully saturated rings. The largest absolute Gasteiger partial charge is 0.389 e. The van der Waals surface area contributed by atoms with Crippen LogP contribution in [0.5, 0.6) is 0 Å². The van der Waals surface area contributed by atoms with E-state index in [-0.39, 0.29) is 49.0 Å². The Bertz CT molecular complexity index is 1100. The number of oxime groups is 1. The number of halogens is 2. The summed E-state index contributed by atoms with van der Waals surface area (Å²) in [5.41, 5.74) is 3.72. The van der Waals surface area contributed by atoms with E-state index in [4.69, 9.17) is 28.0 Å². The van der Waals surface area contributed by atoms with Gasteiger partial charge in [0.05, 0.1) is 5.38 Å². The van der Waals surface area contributed by atoms with Gasteiger partial charge >= 0.3 is 0 Å². The first-order valence-corrected chi connectivity index (χ1v) is 11.6. The average Bonchev–Trinajstić information content (AvgIpc) is 3.15. The highest BCUT2D eigenvalue weighted by Gasteiger charge is 2.35. The van der Waals surface area contributed by atoms with Crippen molar-refractivity contribution in [2.45, 2.75) is 50.8 Å². The first kappa shape index (κ1) is 25.6. The Balaban J connectivity index is 1.72. The molecule has 2 amide bonds. The average molecular weight is 505 g/mol. The number of aliphatic imine (C=N–C) groups is 1. The molecule has 1 aliphatic heterocycles. The maximum absolute atomic E-state index is 12.9. The van der Waals surface area contributed by atoms with Crippen LogP contribution in [0.15, 0.2) is 50.6 Å². The number of carbonyl (C=O) groups is 3. The number of fused-ring (bicyclic) bond motifs is 1. The highest BCUT2D eigenvalue weighted by Crippen LogP contribution is 2.31. The smallest absolute Gasteiger partial charge is 0.255 e. The van der Waals surface area contributed by atoms with Crippen molar-refractivity contribution in [3.63, 3.8) is 0 Å². The number of hydrogen-bond donors (Lipinski definition) is 1. The fraction of sp³-hybridized carbons (Fsp3) is 0.375. The lowest BCUT2D eigenvalue weighted by Crippen LogP contribution is -2.46. The predicted molar refractivity (Wildman–Crippen MR) is 132 cm³/mol. The molecule has 2 atom stereocenters. The normalized spacial score (nSPS) is 18.9. The van der Waals surface area contributed by atoms with Gasteiger partial charge in [-0.25, -0.2) is 4.99 Å². The number of nitrogens with one attached hydrogen (secondary N) is 1. The minimum Gasteiger partial charge on any atom is -0.389 e. The van der Waals surface area contributed by atoms with Crippen LogP contribution in [-0.2, 0) is 27.6 Å². The van der Waals surface area contributed by atoms with Crippen LogP contribution in [-0.4, -0.2) is 54.0 Å². The molecule has 0 aromatic heterocycles. The van der Waals surface area contributed by atoms with Crippen molar-refractivity contribution >= 4 is 53.9 Å². The van der Waals surface area contributed by atoms with Crippen molar-refractivity contribution in [1.29, 1.82) is 0 Å². The van der Waals surface area contributed by atoms with Crippen LogP contribution in [0.2, 0.25) is 0 Å². The van der Waals surface area contributed by atoms with E-state index in [0.29, 0.717) is 22.6 Å². The number of hydrogen-bond acceptors (Lipinski definition) is 5. The molecule has 1 aliphatic carbocycles. The molecule has 1 heterocycles. The van der Waals surface area contributed by atoms with E-state index in [0.717, 1.165) is 23.0 Å². The van der Waals surface area contributed by atoms with Crippen LogP contribution in [0, 0.1) is 0 Å². The van der Waals surface area contributed by atoms with Crippen molar-refractivity contribution in [2.24, 2.45) is 10.1 Å². The highest BCUT2D eigenvalue weighted by molar-refractivity contribution is 6.33. The van der Waals surface area contributed by atoms with Gasteiger partial charge in [0.2, 0.25) is 5.91 Å². The number of likely N-dealkylation sites (N-methyl/N-ethyl adjacent to an activating group) is 1. The Morgan fingerprint density at radius 2 is 2.21 bits per heavy atom. The number of allylic oxidation sites excluding steroid dienone is 3. The monoisotopic (exact) mass is 504 g/mol. The van der Waals surface area contributed by atoms with Crippen LogP contribution >= 0.6 is 23.2 Å². The lowest BCUT2D eigenvalue weighted by molar-refractivity contribution is -0.125. The van der Waals surface area contributed by atoms with Gasteiger partial charge in [-0.05, 0) is 55.8 Å². The molecule has 10 heteroatoms. The number of amidine groups is 1. The third-order valence-electron chi connectivity index (χ3n) is 5.79. The third-order valence-corrected chi connectivity index (χ3v) is 6.61. The van der Waals surface area contributed by atoms with Crippen LogP contribution in [0.25, 0.3) is 0 Å². The molecule has 0 saturated carbocycles. The topological polar surface area (TPSA) is 100 Å². The Hall–Kier alpha value is -2.97. The molecular formula is C24H26Cl2N4O4. The van der Waals surface area contributed by atoms with E-state index in [1.54, 1.807) is 18.2 Å². The number of benzene rings is 1. The van der Waals surface area contributed by atoms with Gasteiger partial charge in [-0.1, -0.05) is 28.4 Å². The van der Waals surface area contributed by atoms with Crippen LogP contribution in [0.3, 0.4) is 0 Å². The highest BCUT2D eigenvalue weighted by atomic mass is 35.5. The van der Waals surface area contributed by atoms with Crippen molar-refractivity contribution in [2.75, 3.05) is 7.05 Å². The molecule has 1 N–H and O–H groups in total. The lowest BCUT2D eigenvalue weighted by Gasteiger charge is -2.25. The van der Waals surface area contributed by atoms with Crippen LogP contribution < -0.4 is 5.32 Å². The fourth-order valence-electron chi connectivity index (χ4n) is 3.93. The van der Waals surface area contributed by atoms with Gasteiger partial charge in [0.25, 0.3) is 5.91 Å². The van der Waals surface area contributed by atoms with Gasteiger partial charge in [-0.2, -0.15) is 0 Å². The van der Waals surface area contributed by atoms with Crippen molar-refractivity contribution in [1.82, 2.24) is 10.2 Å². The molecule has 2 unspecified atom stereocenters. The molecular weight excluding hydrogens is 479 g/mol. The van der Waals surface area contributed by atoms with Crippen molar-refractivity contribution < 1.29 is 19.2 Å². The van der Waals surface area contributed by atoms with E-state index in [1.807, 2.05) is 13.0 Å². The Morgan fingerprint density at radius 1 is 1.44 bits per heavy atom. The molecule has 0 spiro atoms. The maximum Gasteiger partial charge on any atom is 0.255 e. The Kier molecular flexibility index (Phi) is 8.63. The zero-order valence-corrected chi connectivity index (χ0v) is 20.5. The second-order valence-electron chi connectivity index (χ2n) is 8.04. The molecule has 0 radical (unpaired) electrons. The number of carbonyl (C=O) groups excluding carboxylic acids is 3. The molecule has 0 bridgehead atoms. The van der Waals surface area contributed by atoms with E-state index < -0.39 is 6.04 Å². The zero-order valence-electron chi connectivity index (χ0n) is 19.0. The molecule has 1 aromatic rings. The Labute approximate surface area is 208 Å². The summed E-state index contributed by atoms with van der Waals surface area (Å²) >= 11 is 12.7. The maximum atomic E-state index is 12.9. The molecule has 180 valence electrons. The van der Waals surface area contributed by atoms with Crippen molar-refractivity contribution in [3.05, 3.63) is 57.1 Å². The minimum absolute atomic E-state index is 0.132. The second-order valence-corrected chi connectivity index (χ2v) is 8.98. The van der Waals surface area contributed by atoms with Gasteiger partial charge in [-0.3, -0.25) is 9.59 Å². The van der Waals surface area contributed by atoms with Crippen LogP contribution in [0.1, 0.15) is 47.7 Å². The molecule has 3 rings (SSSR count). The number of amides is 2. The predicted octanol–water partition coefficient (Wildman–Crippen LogP) is 3.72. The molecule has 0 saturated heterocycles. The second kappa shape index (κ2) is 11.4. The summed E-state index contributed by atoms with van der Waals surface area (Å²) in [6, 6.07) is 4.61. The molecule has 1 aromatic carbocycles. The summed E-state index contributed by atoms with van der Waals surface area (Å²) < 4.78 is 0. The van der Waals surface area contributed by atoms with E-state index in [1.165, 1.54) is 11.9 Å². The van der Waals surface area contributed by atoms with Gasteiger partial charge in [0, 0.05) is 36.2 Å². The summed E-state index contributed by atoms with van der Waals surface area (Å²) in [6.07, 6.45) is 3.50. The zero-order chi connectivity index (χ0) is 24.8. The standard InChI is InChI=1S/C24H26Cl2N4O4/c1-14-9-20(26)18(11-19(14)25)22(27-2)29-34-13-15-6-7-17-16(10-15)12-30(24(17)33)21(5-4-8-31)23(32)28-3/h6-8,10-11,20-21H,2,4-5,9,12-13H2,1,3H3,(H,28,32)/b29-22-. The van der Waals surface area contributed by atoms with Gasteiger partial charge in [0.1, 0.15) is 18.9 Å². The summed E-state index contributed by atoms with van der Waals surface area (Å²) in [5.74, 6) is -0.280. The van der Waals surface area contributed by atoms with Gasteiger partial charge in [-0.15, -0.1) is 11.6 Å². The molecule has 8 nitrogen and oxygen atoms in total. The number of rotatable bonds is 9. The Morgan fingerprint density at radius 3 is 2.88 bits per heavy atom. The number of nitrogens with zero attached hydrogens (tertiary/aromatic N) is 3. The SMILES string of the molecule is C=N/C(=N\OCc1ccc2c(c1)CN(C(CCC=O)C(=O)NC)C2=O)C1=CC(Cl)=C(C)CC1Cl. The van der Waals surface area contributed by atoms with E-state index in [9.17, 15) is 14.4 Å². The van der Waals surface area contributed by atoms with Crippen molar-refractivity contribution in [3.8, 4) is 0 Å². The van der Waals surface area contributed by atoms with Crippen LogP contribution in [0.4, 0.5) is 0 Å². The molecule has 2 aliphatic rings. The molecule has 34 heavy (non-hydrogen) atoms. The minimum atomic E-state index is -0.711. The number of aldehydes is 1. The summed E-state index contributed by atoms with van der Waals surface area (Å²) in [7, 11) is 1.51. The third kappa shape index (κ3) is 5.56. The van der Waals surface area contributed by atoms with Gasteiger partial charge < -0.3 is 19.8 Å². The number of alkyl halides is 1. The summed E-state index contributed by atoms with van der Waals surface area (Å²) in [5, 5.41) is 6.91. The lowest BCUT2D eigenvalue weighted by atomic mass is 9.98.